The van der Waals surface area contributed by atoms with Gasteiger partial charge in [-0.1, -0.05) is 25.6 Å². The molecule has 0 unspecified atom stereocenters. The summed E-state index contributed by atoms with van der Waals surface area (Å²) in [6.45, 7) is 4.00. The van der Waals surface area contributed by atoms with Crippen LogP contribution in [0.4, 0.5) is 0 Å². The Morgan fingerprint density at radius 2 is 2.05 bits per heavy atom. The lowest BCUT2D eigenvalue weighted by Crippen LogP contribution is -1.88. The minimum atomic E-state index is 0.472. The van der Waals surface area contributed by atoms with Gasteiger partial charge in [0.05, 0.1) is 6.20 Å². The molecule has 0 saturated carbocycles. The molecule has 0 spiro atoms. The van der Waals surface area contributed by atoms with Gasteiger partial charge in [0, 0.05) is 10.7 Å². The van der Waals surface area contributed by atoms with Crippen LogP contribution in [0.2, 0.25) is 0 Å². The lowest BCUT2D eigenvalue weighted by atomic mass is 10.4. The van der Waals surface area contributed by atoms with Crippen LogP contribution >= 0.6 is 27.7 Å². The Morgan fingerprint density at radius 3 is 2.74 bits per heavy atom. The number of thioether (sulfide) groups is 1. The van der Waals surface area contributed by atoms with Crippen LogP contribution in [0.5, 0.6) is 0 Å². The number of nitrogens with zero attached hydrogens (tertiary/aromatic N) is 4. The molecule has 0 atom stereocenters. The SMILES string of the molecule is CC.CSc1nnc(-c2cnc3ccc(Br)cn23)o1. The van der Waals surface area contributed by atoms with Crippen molar-refractivity contribution in [1.82, 2.24) is 19.6 Å². The number of aromatic nitrogens is 4. The predicted molar refractivity (Wildman–Crippen MR) is 79.3 cm³/mol. The molecular formula is C12H13BrN4OS. The third-order valence-electron chi connectivity index (χ3n) is 2.27. The molecule has 0 saturated heterocycles. The van der Waals surface area contributed by atoms with Gasteiger partial charge in [0.2, 0.25) is 0 Å². The van der Waals surface area contributed by atoms with Crippen molar-refractivity contribution < 1.29 is 4.42 Å². The zero-order valence-electron chi connectivity index (χ0n) is 10.8. The molecule has 19 heavy (non-hydrogen) atoms. The first-order valence-electron chi connectivity index (χ1n) is 5.78. The van der Waals surface area contributed by atoms with Gasteiger partial charge in [-0.25, -0.2) is 4.98 Å². The molecule has 100 valence electrons. The second kappa shape index (κ2) is 6.21. The second-order valence-corrected chi connectivity index (χ2v) is 4.97. The first-order valence-corrected chi connectivity index (χ1v) is 7.80. The lowest BCUT2D eigenvalue weighted by molar-refractivity contribution is 0.465. The first-order chi connectivity index (χ1) is 9.28. The van der Waals surface area contributed by atoms with Crippen molar-refractivity contribution in [2.24, 2.45) is 0 Å². The molecule has 0 N–H and O–H groups in total. The zero-order chi connectivity index (χ0) is 13.8. The molecule has 0 radical (unpaired) electrons. The number of fused-ring (bicyclic) bond motifs is 1. The number of hydrogen-bond donors (Lipinski definition) is 0. The van der Waals surface area contributed by atoms with E-state index in [-0.39, 0.29) is 0 Å². The van der Waals surface area contributed by atoms with Crippen molar-refractivity contribution in [3.63, 3.8) is 0 Å². The van der Waals surface area contributed by atoms with Crippen molar-refractivity contribution in [2.75, 3.05) is 6.26 Å². The average Bonchev–Trinajstić information content (AvgIpc) is 3.06. The van der Waals surface area contributed by atoms with E-state index in [1.807, 2.05) is 42.8 Å². The fourth-order valence-corrected chi connectivity index (χ4v) is 2.13. The summed E-state index contributed by atoms with van der Waals surface area (Å²) in [5.74, 6) is 0.472. The number of hydrogen-bond acceptors (Lipinski definition) is 5. The highest BCUT2D eigenvalue weighted by atomic mass is 79.9. The summed E-state index contributed by atoms with van der Waals surface area (Å²) >= 11 is 4.84. The van der Waals surface area contributed by atoms with Gasteiger partial charge < -0.3 is 4.42 Å². The summed E-state index contributed by atoms with van der Waals surface area (Å²) in [4.78, 5) is 4.28. The standard InChI is InChI=1S/C10H7BrN4OS.C2H6/c1-17-10-14-13-9(16-10)7-4-12-8-3-2-6(11)5-15(7)8;1-2/h2-5H,1H3;1-2H3. The summed E-state index contributed by atoms with van der Waals surface area (Å²) < 4.78 is 8.36. The maximum absolute atomic E-state index is 5.49. The van der Waals surface area contributed by atoms with Crippen LogP contribution in [0, 0.1) is 0 Å². The molecule has 0 aliphatic carbocycles. The highest BCUT2D eigenvalue weighted by Crippen LogP contribution is 2.23. The molecule has 0 amide bonds. The summed E-state index contributed by atoms with van der Waals surface area (Å²) in [5.41, 5.74) is 1.63. The van der Waals surface area contributed by atoms with Crippen molar-refractivity contribution >= 4 is 33.3 Å². The molecule has 0 aliphatic rings. The molecule has 3 rings (SSSR count). The Labute approximate surface area is 123 Å². The third-order valence-corrected chi connectivity index (χ3v) is 3.25. The summed E-state index contributed by atoms with van der Waals surface area (Å²) in [7, 11) is 0. The van der Waals surface area contributed by atoms with Crippen molar-refractivity contribution in [2.45, 2.75) is 19.1 Å². The molecule has 0 fully saturated rings. The minimum absolute atomic E-state index is 0.472. The molecule has 5 nitrogen and oxygen atoms in total. The zero-order valence-corrected chi connectivity index (χ0v) is 13.2. The Morgan fingerprint density at radius 1 is 1.26 bits per heavy atom. The summed E-state index contributed by atoms with van der Waals surface area (Å²) in [6.07, 6.45) is 5.53. The molecular weight excluding hydrogens is 328 g/mol. The smallest absolute Gasteiger partial charge is 0.276 e. The number of imidazole rings is 1. The van der Waals surface area contributed by atoms with E-state index in [1.165, 1.54) is 11.8 Å². The normalized spacial score (nSPS) is 10.3. The Kier molecular flexibility index (Phi) is 4.60. The van der Waals surface area contributed by atoms with E-state index in [9.17, 15) is 0 Å². The average molecular weight is 341 g/mol. The van der Waals surface area contributed by atoms with E-state index in [1.54, 1.807) is 6.20 Å². The van der Waals surface area contributed by atoms with Gasteiger partial charge in [-0.2, -0.15) is 0 Å². The van der Waals surface area contributed by atoms with Crippen LogP contribution in [0.15, 0.2) is 38.6 Å². The quantitative estimate of drug-likeness (QED) is 0.662. The fraction of sp³-hybridized carbons (Fsp3) is 0.250. The molecule has 0 bridgehead atoms. The van der Waals surface area contributed by atoms with Crippen LogP contribution < -0.4 is 0 Å². The van der Waals surface area contributed by atoms with Crippen LogP contribution in [0.25, 0.3) is 17.2 Å². The monoisotopic (exact) mass is 340 g/mol. The molecule has 7 heteroatoms. The van der Waals surface area contributed by atoms with Crippen molar-refractivity contribution in [3.8, 4) is 11.6 Å². The number of rotatable bonds is 2. The highest BCUT2D eigenvalue weighted by molar-refractivity contribution is 9.10. The topological polar surface area (TPSA) is 56.2 Å². The molecule has 3 aromatic heterocycles. The largest absolute Gasteiger partial charge is 0.410 e. The molecule has 0 aliphatic heterocycles. The maximum atomic E-state index is 5.49. The van der Waals surface area contributed by atoms with Gasteiger partial charge in [0.25, 0.3) is 11.1 Å². The van der Waals surface area contributed by atoms with E-state index in [2.05, 4.69) is 31.1 Å². The van der Waals surface area contributed by atoms with E-state index in [0.717, 1.165) is 15.8 Å². The van der Waals surface area contributed by atoms with Gasteiger partial charge in [0.15, 0.2) is 0 Å². The predicted octanol–water partition coefficient (Wildman–Crippen LogP) is 3.89. The van der Waals surface area contributed by atoms with Gasteiger partial charge in [-0.3, -0.25) is 4.40 Å². The first kappa shape index (κ1) is 14.1. The van der Waals surface area contributed by atoms with Gasteiger partial charge in [-0.15, -0.1) is 10.2 Å². The Hall–Kier alpha value is -1.34. The van der Waals surface area contributed by atoms with Crippen LogP contribution in [-0.2, 0) is 0 Å². The van der Waals surface area contributed by atoms with E-state index in [4.69, 9.17) is 4.42 Å². The molecule has 3 aromatic rings. The van der Waals surface area contributed by atoms with Crippen LogP contribution in [0.3, 0.4) is 0 Å². The number of pyridine rings is 1. The molecule has 0 aromatic carbocycles. The van der Waals surface area contributed by atoms with Gasteiger partial charge in [-0.05, 0) is 34.3 Å². The maximum Gasteiger partial charge on any atom is 0.276 e. The van der Waals surface area contributed by atoms with E-state index < -0.39 is 0 Å². The molecule has 3 heterocycles. The Bertz CT molecular complexity index is 679. The fourth-order valence-electron chi connectivity index (χ4n) is 1.51. The van der Waals surface area contributed by atoms with Gasteiger partial charge >= 0.3 is 0 Å². The van der Waals surface area contributed by atoms with E-state index in [0.29, 0.717) is 11.1 Å². The second-order valence-electron chi connectivity index (χ2n) is 3.30. The lowest BCUT2D eigenvalue weighted by Gasteiger charge is -1.97. The Balaban J connectivity index is 0.000000637. The van der Waals surface area contributed by atoms with Crippen LogP contribution in [0.1, 0.15) is 13.8 Å². The van der Waals surface area contributed by atoms with Gasteiger partial charge in [0.1, 0.15) is 11.3 Å². The van der Waals surface area contributed by atoms with Crippen molar-refractivity contribution in [3.05, 3.63) is 29.0 Å². The van der Waals surface area contributed by atoms with Crippen LogP contribution in [-0.4, -0.2) is 25.8 Å². The summed E-state index contributed by atoms with van der Waals surface area (Å²) in [6, 6.07) is 3.85. The summed E-state index contributed by atoms with van der Waals surface area (Å²) in [5, 5.41) is 8.46. The number of halogens is 1. The van der Waals surface area contributed by atoms with E-state index >= 15 is 0 Å². The third kappa shape index (κ3) is 2.82. The minimum Gasteiger partial charge on any atom is -0.410 e. The highest BCUT2D eigenvalue weighted by Gasteiger charge is 2.12. The van der Waals surface area contributed by atoms with Crippen molar-refractivity contribution in [1.29, 1.82) is 0 Å².